The predicted molar refractivity (Wildman–Crippen MR) is 137 cm³/mol. The second-order valence-corrected chi connectivity index (χ2v) is 9.21. The molecule has 0 radical (unpaired) electrons. The van der Waals surface area contributed by atoms with E-state index in [2.05, 4.69) is 15.3 Å². The van der Waals surface area contributed by atoms with E-state index in [-0.39, 0.29) is 24.7 Å². The van der Waals surface area contributed by atoms with E-state index in [0.29, 0.717) is 35.0 Å². The highest BCUT2D eigenvalue weighted by Gasteiger charge is 2.16. The van der Waals surface area contributed by atoms with Crippen molar-refractivity contribution in [2.24, 2.45) is 0 Å². The maximum absolute atomic E-state index is 12.8. The number of carbonyl (C=O) groups is 1. The molecule has 0 aliphatic heterocycles. The molecule has 0 saturated carbocycles. The Balaban J connectivity index is 1.44. The third-order valence-electron chi connectivity index (χ3n) is 5.57. The van der Waals surface area contributed by atoms with Crippen molar-refractivity contribution in [2.75, 3.05) is 6.61 Å². The average Bonchev–Trinajstić information content (AvgIpc) is 3.24. The number of carbonyl (C=O) groups excluding carboxylic acids is 1. The molecule has 0 fully saturated rings. The van der Waals surface area contributed by atoms with Gasteiger partial charge in [0.05, 0.1) is 16.8 Å². The number of imidazole rings is 1. The molecule has 8 heteroatoms. The van der Waals surface area contributed by atoms with Gasteiger partial charge in [0.25, 0.3) is 5.91 Å². The van der Waals surface area contributed by atoms with Crippen LogP contribution in [0.2, 0.25) is 5.02 Å². The molecule has 1 amide bonds. The number of aromatic nitrogens is 3. The van der Waals surface area contributed by atoms with Gasteiger partial charge in [-0.15, -0.1) is 0 Å². The first-order valence-corrected chi connectivity index (χ1v) is 12.0. The minimum Gasteiger partial charge on any atom is -0.489 e. The van der Waals surface area contributed by atoms with Crippen LogP contribution in [0.5, 0.6) is 5.75 Å². The van der Waals surface area contributed by atoms with Crippen LogP contribution in [0.3, 0.4) is 0 Å². The molecule has 2 aromatic carbocycles. The molecular weight excluding hydrogens is 464 g/mol. The fraction of sp³-hybridized carbons (Fsp3) is 0.296. The zero-order chi connectivity index (χ0) is 24.9. The third-order valence-corrected chi connectivity index (χ3v) is 5.86. The lowest BCUT2D eigenvalue weighted by Gasteiger charge is -2.19. The van der Waals surface area contributed by atoms with Gasteiger partial charge in [0.2, 0.25) is 5.78 Å². The Bertz CT molecular complexity index is 1320. The summed E-state index contributed by atoms with van der Waals surface area (Å²) < 4.78 is 7.54. The zero-order valence-electron chi connectivity index (χ0n) is 20.0. The van der Waals surface area contributed by atoms with Gasteiger partial charge in [-0.2, -0.15) is 0 Å². The van der Waals surface area contributed by atoms with Crippen LogP contribution in [0.15, 0.2) is 60.9 Å². The molecule has 2 aromatic heterocycles. The van der Waals surface area contributed by atoms with Crippen LogP contribution in [-0.4, -0.2) is 44.1 Å². The van der Waals surface area contributed by atoms with Gasteiger partial charge in [-0.25, -0.2) is 9.97 Å². The number of aliphatic hydroxyl groups is 1. The average molecular weight is 493 g/mol. The standard InChI is InChI=1S/C27H29ClN4O3/c1-17(2)35-25-9-8-21(15-23(25)28)26(34)30-22(11-13-33)14-19-4-6-20(7-5-19)24-16-32-12-10-18(3)29-27(32)31-24/h4-10,12,15-17,22,33H,11,13-14H2,1-3H3,(H,30,34)/t22-/m1/s1. The molecule has 35 heavy (non-hydrogen) atoms. The fourth-order valence-electron chi connectivity index (χ4n) is 3.84. The molecule has 0 spiro atoms. The van der Waals surface area contributed by atoms with E-state index in [1.165, 1.54) is 0 Å². The van der Waals surface area contributed by atoms with Crippen LogP contribution in [0.4, 0.5) is 0 Å². The van der Waals surface area contributed by atoms with Crippen LogP contribution in [-0.2, 0) is 6.42 Å². The van der Waals surface area contributed by atoms with E-state index < -0.39 is 0 Å². The Morgan fingerprint density at radius 2 is 1.91 bits per heavy atom. The number of nitrogens with one attached hydrogen (secondary N) is 1. The van der Waals surface area contributed by atoms with Crippen molar-refractivity contribution in [2.45, 2.75) is 45.8 Å². The maximum Gasteiger partial charge on any atom is 0.251 e. The fourth-order valence-corrected chi connectivity index (χ4v) is 4.06. The van der Waals surface area contributed by atoms with E-state index in [1.807, 2.05) is 67.9 Å². The summed E-state index contributed by atoms with van der Waals surface area (Å²) in [4.78, 5) is 21.9. The Kier molecular flexibility index (Phi) is 7.68. The Hall–Kier alpha value is -3.42. The molecule has 4 rings (SSSR count). The van der Waals surface area contributed by atoms with Gasteiger partial charge in [0, 0.05) is 41.9 Å². The minimum atomic E-state index is -0.245. The normalized spacial score (nSPS) is 12.2. The molecule has 0 aliphatic rings. The van der Waals surface area contributed by atoms with Crippen LogP contribution in [0.25, 0.3) is 17.0 Å². The van der Waals surface area contributed by atoms with Crippen molar-refractivity contribution in [3.63, 3.8) is 0 Å². The number of hydrogen-bond donors (Lipinski definition) is 2. The minimum absolute atomic E-state index is 0.0129. The molecule has 182 valence electrons. The molecule has 2 heterocycles. The quantitative estimate of drug-likeness (QED) is 0.348. The molecule has 0 saturated heterocycles. The SMILES string of the molecule is Cc1ccn2cc(-c3ccc(C[C@@H](CCO)NC(=O)c4ccc(OC(C)C)c(Cl)c4)cc3)nc2n1. The van der Waals surface area contributed by atoms with E-state index in [9.17, 15) is 9.90 Å². The van der Waals surface area contributed by atoms with E-state index in [1.54, 1.807) is 18.2 Å². The molecule has 0 bridgehead atoms. The van der Waals surface area contributed by atoms with Crippen LogP contribution < -0.4 is 10.1 Å². The molecule has 0 aliphatic carbocycles. The lowest BCUT2D eigenvalue weighted by atomic mass is 10.0. The first-order valence-electron chi connectivity index (χ1n) is 11.6. The van der Waals surface area contributed by atoms with Gasteiger partial charge in [0.1, 0.15) is 5.75 Å². The highest BCUT2D eigenvalue weighted by molar-refractivity contribution is 6.32. The summed E-state index contributed by atoms with van der Waals surface area (Å²) in [6, 6.07) is 14.8. The molecule has 2 N–H and O–H groups in total. The topological polar surface area (TPSA) is 88.8 Å². The first-order chi connectivity index (χ1) is 16.8. The number of fused-ring (bicyclic) bond motifs is 1. The molecule has 0 unspecified atom stereocenters. The number of rotatable bonds is 9. The maximum atomic E-state index is 12.8. The van der Waals surface area contributed by atoms with Gasteiger partial charge in [-0.05, 0) is 63.4 Å². The molecule has 4 aromatic rings. The van der Waals surface area contributed by atoms with Crippen molar-refractivity contribution in [3.8, 4) is 17.0 Å². The Labute approximate surface area is 209 Å². The lowest BCUT2D eigenvalue weighted by Crippen LogP contribution is -2.37. The Morgan fingerprint density at radius 3 is 2.60 bits per heavy atom. The van der Waals surface area contributed by atoms with E-state index >= 15 is 0 Å². The first kappa shape index (κ1) is 24.7. The zero-order valence-corrected chi connectivity index (χ0v) is 20.8. The smallest absolute Gasteiger partial charge is 0.251 e. The molecule has 7 nitrogen and oxygen atoms in total. The summed E-state index contributed by atoms with van der Waals surface area (Å²) in [6.07, 6.45) is 4.91. The van der Waals surface area contributed by atoms with Gasteiger partial charge in [0.15, 0.2) is 0 Å². The number of aryl methyl sites for hydroxylation is 1. The highest BCUT2D eigenvalue weighted by atomic mass is 35.5. The van der Waals surface area contributed by atoms with Crippen LogP contribution in [0, 0.1) is 6.92 Å². The van der Waals surface area contributed by atoms with Gasteiger partial charge < -0.3 is 15.2 Å². The number of nitrogens with zero attached hydrogens (tertiary/aromatic N) is 3. The summed E-state index contributed by atoms with van der Waals surface area (Å²) in [5.41, 5.74) is 4.24. The summed E-state index contributed by atoms with van der Waals surface area (Å²) in [6.45, 7) is 5.74. The summed E-state index contributed by atoms with van der Waals surface area (Å²) in [5.74, 6) is 0.964. The predicted octanol–water partition coefficient (Wildman–Crippen LogP) is 4.87. The van der Waals surface area contributed by atoms with Crippen LogP contribution >= 0.6 is 11.6 Å². The number of ether oxygens (including phenoxy) is 1. The summed E-state index contributed by atoms with van der Waals surface area (Å²) in [5, 5.41) is 12.9. The summed E-state index contributed by atoms with van der Waals surface area (Å²) >= 11 is 6.29. The van der Waals surface area contributed by atoms with Crippen molar-refractivity contribution < 1.29 is 14.6 Å². The third kappa shape index (κ3) is 6.18. The monoisotopic (exact) mass is 492 g/mol. The second-order valence-electron chi connectivity index (χ2n) is 8.80. The summed E-state index contributed by atoms with van der Waals surface area (Å²) in [7, 11) is 0. The Morgan fingerprint density at radius 1 is 1.14 bits per heavy atom. The number of halogens is 1. The molecule has 1 atom stereocenters. The van der Waals surface area contributed by atoms with E-state index in [4.69, 9.17) is 16.3 Å². The highest BCUT2D eigenvalue weighted by Crippen LogP contribution is 2.26. The second kappa shape index (κ2) is 10.9. The number of amides is 1. The van der Waals surface area contributed by atoms with Crippen LogP contribution in [0.1, 0.15) is 41.9 Å². The van der Waals surface area contributed by atoms with Crippen molar-refractivity contribution >= 4 is 23.3 Å². The van der Waals surface area contributed by atoms with E-state index in [0.717, 1.165) is 22.5 Å². The van der Waals surface area contributed by atoms with Gasteiger partial charge >= 0.3 is 0 Å². The number of benzene rings is 2. The van der Waals surface area contributed by atoms with Crippen molar-refractivity contribution in [3.05, 3.63) is 82.8 Å². The van der Waals surface area contributed by atoms with Crippen molar-refractivity contribution in [1.29, 1.82) is 0 Å². The number of hydrogen-bond acceptors (Lipinski definition) is 5. The molecular formula is C27H29ClN4O3. The number of aliphatic hydroxyl groups excluding tert-OH is 1. The van der Waals surface area contributed by atoms with Crippen molar-refractivity contribution in [1.82, 2.24) is 19.7 Å². The largest absolute Gasteiger partial charge is 0.489 e. The lowest BCUT2D eigenvalue weighted by molar-refractivity contribution is 0.0930. The van der Waals surface area contributed by atoms with Gasteiger partial charge in [-0.1, -0.05) is 35.9 Å². The van der Waals surface area contributed by atoms with Gasteiger partial charge in [-0.3, -0.25) is 9.20 Å².